The van der Waals surface area contributed by atoms with Gasteiger partial charge in [0.05, 0.1) is 28.3 Å². The van der Waals surface area contributed by atoms with E-state index in [4.69, 9.17) is 33.3 Å². The predicted molar refractivity (Wildman–Crippen MR) is 124 cm³/mol. The van der Waals surface area contributed by atoms with Gasteiger partial charge in [-0.25, -0.2) is 0 Å². The summed E-state index contributed by atoms with van der Waals surface area (Å²) < 4.78 is 12.6. The summed E-state index contributed by atoms with van der Waals surface area (Å²) in [5, 5.41) is 0.604. The van der Waals surface area contributed by atoms with Crippen molar-refractivity contribution in [3.8, 4) is 11.5 Å². The number of hydrogen-bond acceptors (Lipinski definition) is 5. The number of benzene rings is 2. The molecule has 0 saturated carbocycles. The van der Waals surface area contributed by atoms with E-state index in [0.717, 1.165) is 10.0 Å². The molecule has 2 aromatic rings. The molecule has 0 N–H and O–H groups in total. The lowest BCUT2D eigenvalue weighted by Crippen LogP contribution is -2.27. The number of ether oxygens (including phenoxy) is 2. The highest BCUT2D eigenvalue weighted by Crippen LogP contribution is 2.40. The van der Waals surface area contributed by atoms with E-state index in [9.17, 15) is 4.79 Å². The molecule has 0 aliphatic carbocycles. The number of anilines is 1. The van der Waals surface area contributed by atoms with Gasteiger partial charge in [-0.05, 0) is 77.8 Å². The highest BCUT2D eigenvalue weighted by Gasteiger charge is 2.33. The number of rotatable bonds is 6. The molecule has 3 rings (SSSR count). The maximum absolute atomic E-state index is 12.9. The molecule has 0 aromatic heterocycles. The Morgan fingerprint density at radius 1 is 1.18 bits per heavy atom. The molecule has 4 nitrogen and oxygen atoms in total. The van der Waals surface area contributed by atoms with Crippen LogP contribution in [-0.2, 0) is 4.79 Å². The van der Waals surface area contributed by atoms with Crippen LogP contribution in [0.5, 0.6) is 11.5 Å². The number of thiocarbonyl (C=S) groups is 1. The normalized spacial score (nSPS) is 15.4. The number of amides is 1. The summed E-state index contributed by atoms with van der Waals surface area (Å²) in [5.74, 6) is 1.11. The Balaban J connectivity index is 1.94. The third-order valence-electron chi connectivity index (χ3n) is 3.80. The smallest absolute Gasteiger partial charge is 0.270 e. The van der Waals surface area contributed by atoms with Gasteiger partial charge < -0.3 is 9.47 Å². The average molecular weight is 499 g/mol. The van der Waals surface area contributed by atoms with Crippen molar-refractivity contribution in [2.45, 2.75) is 13.8 Å². The van der Waals surface area contributed by atoms with E-state index >= 15 is 0 Å². The summed E-state index contributed by atoms with van der Waals surface area (Å²) in [6.07, 6.45) is 1.80. The van der Waals surface area contributed by atoms with E-state index in [2.05, 4.69) is 15.9 Å². The lowest BCUT2D eigenvalue weighted by Gasteiger charge is -2.14. The number of thioether (sulfide) groups is 1. The second-order valence-electron chi connectivity index (χ2n) is 5.69. The first-order chi connectivity index (χ1) is 13.4. The molecule has 0 atom stereocenters. The molecule has 8 heteroatoms. The zero-order chi connectivity index (χ0) is 20.3. The van der Waals surface area contributed by atoms with E-state index in [1.54, 1.807) is 30.3 Å². The van der Waals surface area contributed by atoms with Gasteiger partial charge in [0.1, 0.15) is 0 Å². The molecule has 1 saturated heterocycles. The number of carbonyl (C=O) groups excluding carboxylic acids is 1. The van der Waals surface area contributed by atoms with E-state index in [1.165, 1.54) is 16.7 Å². The maximum atomic E-state index is 12.9. The molecule has 0 spiro atoms. The molecular weight excluding hydrogens is 482 g/mol. The molecule has 28 heavy (non-hydrogen) atoms. The highest BCUT2D eigenvalue weighted by molar-refractivity contribution is 9.10. The van der Waals surface area contributed by atoms with Crippen LogP contribution in [0.1, 0.15) is 19.4 Å². The zero-order valence-electron chi connectivity index (χ0n) is 15.2. The Morgan fingerprint density at radius 2 is 1.86 bits per heavy atom. The molecular formula is C20H17BrClNO3S2. The Labute approximate surface area is 187 Å². The van der Waals surface area contributed by atoms with Crippen molar-refractivity contribution in [3.05, 3.63) is 56.4 Å². The first-order valence-corrected chi connectivity index (χ1v) is 11.0. The molecule has 1 amide bonds. The molecule has 1 aliphatic heterocycles. The zero-order valence-corrected chi connectivity index (χ0v) is 19.2. The fourth-order valence-electron chi connectivity index (χ4n) is 2.65. The van der Waals surface area contributed by atoms with Gasteiger partial charge in [0.25, 0.3) is 5.91 Å². The molecule has 146 valence electrons. The Bertz CT molecular complexity index is 947. The van der Waals surface area contributed by atoms with Gasteiger partial charge in [-0.1, -0.05) is 35.6 Å². The summed E-state index contributed by atoms with van der Waals surface area (Å²) in [7, 11) is 0. The van der Waals surface area contributed by atoms with Crippen LogP contribution in [0.2, 0.25) is 5.02 Å². The first kappa shape index (κ1) is 21.2. The fraction of sp³-hybridized carbons (Fsp3) is 0.200. The summed E-state index contributed by atoms with van der Waals surface area (Å²) in [4.78, 5) is 15.0. The van der Waals surface area contributed by atoms with Crippen molar-refractivity contribution in [1.29, 1.82) is 0 Å². The largest absolute Gasteiger partial charge is 0.490 e. The molecule has 1 aliphatic rings. The SMILES string of the molecule is CCOc1cc(/C=C2\SC(=S)N(c3ccc(Cl)cc3)C2=O)cc(Br)c1OCC. The van der Waals surface area contributed by atoms with Crippen molar-refractivity contribution < 1.29 is 14.3 Å². The topological polar surface area (TPSA) is 38.8 Å². The van der Waals surface area contributed by atoms with Crippen LogP contribution in [-0.4, -0.2) is 23.4 Å². The van der Waals surface area contributed by atoms with Crippen molar-refractivity contribution in [3.63, 3.8) is 0 Å². The molecule has 2 aromatic carbocycles. The maximum Gasteiger partial charge on any atom is 0.270 e. The molecule has 0 bridgehead atoms. The van der Waals surface area contributed by atoms with E-state index < -0.39 is 0 Å². The van der Waals surface area contributed by atoms with Crippen LogP contribution in [0.3, 0.4) is 0 Å². The lowest BCUT2D eigenvalue weighted by molar-refractivity contribution is -0.113. The molecule has 0 radical (unpaired) electrons. The Morgan fingerprint density at radius 3 is 2.50 bits per heavy atom. The summed E-state index contributed by atoms with van der Waals surface area (Å²) in [5.41, 5.74) is 1.51. The van der Waals surface area contributed by atoms with Gasteiger partial charge in [0.2, 0.25) is 0 Å². The Kier molecular flexibility index (Phi) is 7.04. The van der Waals surface area contributed by atoms with Gasteiger partial charge in [-0.3, -0.25) is 9.69 Å². The van der Waals surface area contributed by atoms with E-state index in [0.29, 0.717) is 44.6 Å². The van der Waals surface area contributed by atoms with E-state index in [-0.39, 0.29) is 5.91 Å². The number of carbonyl (C=O) groups is 1. The van der Waals surface area contributed by atoms with Gasteiger partial charge in [-0.15, -0.1) is 0 Å². The first-order valence-electron chi connectivity index (χ1n) is 8.57. The quantitative estimate of drug-likeness (QED) is 0.345. The fourth-order valence-corrected chi connectivity index (χ4v) is 4.65. The number of halogens is 2. The lowest BCUT2D eigenvalue weighted by atomic mass is 10.1. The second kappa shape index (κ2) is 9.31. The molecule has 0 unspecified atom stereocenters. The second-order valence-corrected chi connectivity index (χ2v) is 8.66. The monoisotopic (exact) mass is 497 g/mol. The summed E-state index contributed by atoms with van der Waals surface area (Å²) in [6, 6.07) is 10.8. The van der Waals surface area contributed by atoms with Crippen LogP contribution in [0.4, 0.5) is 5.69 Å². The average Bonchev–Trinajstić information content (AvgIpc) is 2.93. The molecule has 1 fully saturated rings. The van der Waals surface area contributed by atoms with Crippen LogP contribution in [0, 0.1) is 0 Å². The number of hydrogen-bond donors (Lipinski definition) is 0. The van der Waals surface area contributed by atoms with Crippen LogP contribution in [0.15, 0.2) is 45.8 Å². The van der Waals surface area contributed by atoms with Crippen LogP contribution < -0.4 is 14.4 Å². The van der Waals surface area contributed by atoms with Gasteiger partial charge in [0.15, 0.2) is 15.8 Å². The number of nitrogens with zero attached hydrogens (tertiary/aromatic N) is 1. The third-order valence-corrected chi connectivity index (χ3v) is 5.94. The standard InChI is InChI=1S/C20H17BrClNO3S2/c1-3-25-16-10-12(9-15(21)18(16)26-4-2)11-17-19(24)23(20(27)28-17)14-7-5-13(22)6-8-14/h5-11H,3-4H2,1-2H3/b17-11-. The van der Waals surface area contributed by atoms with Gasteiger partial charge >= 0.3 is 0 Å². The minimum absolute atomic E-state index is 0.166. The van der Waals surface area contributed by atoms with E-state index in [1.807, 2.05) is 26.0 Å². The minimum Gasteiger partial charge on any atom is -0.490 e. The minimum atomic E-state index is -0.166. The van der Waals surface area contributed by atoms with Gasteiger partial charge in [0, 0.05) is 5.02 Å². The van der Waals surface area contributed by atoms with Gasteiger partial charge in [-0.2, -0.15) is 0 Å². The van der Waals surface area contributed by atoms with Crippen molar-refractivity contribution in [2.75, 3.05) is 18.1 Å². The predicted octanol–water partition coefficient (Wildman–Crippen LogP) is 6.31. The Hall–Kier alpha value is -1.54. The van der Waals surface area contributed by atoms with Crippen LogP contribution in [0.25, 0.3) is 6.08 Å². The van der Waals surface area contributed by atoms with Crippen LogP contribution >= 0.6 is 51.5 Å². The third kappa shape index (κ3) is 4.54. The van der Waals surface area contributed by atoms with Crippen molar-refractivity contribution >= 4 is 73.5 Å². The summed E-state index contributed by atoms with van der Waals surface area (Å²) >= 11 is 16.1. The highest BCUT2D eigenvalue weighted by atomic mass is 79.9. The molecule has 1 heterocycles. The van der Waals surface area contributed by atoms with Crippen molar-refractivity contribution in [1.82, 2.24) is 0 Å². The van der Waals surface area contributed by atoms with Crippen molar-refractivity contribution in [2.24, 2.45) is 0 Å². The summed E-state index contributed by atoms with van der Waals surface area (Å²) in [6.45, 7) is 4.86.